The van der Waals surface area contributed by atoms with E-state index in [1.807, 2.05) is 0 Å². The third-order valence-electron chi connectivity index (χ3n) is 3.96. The van der Waals surface area contributed by atoms with E-state index in [4.69, 9.17) is 4.74 Å². The van der Waals surface area contributed by atoms with Gasteiger partial charge in [-0.3, -0.25) is 4.79 Å². The van der Waals surface area contributed by atoms with Crippen molar-refractivity contribution >= 4 is 18.4 Å². The van der Waals surface area contributed by atoms with E-state index in [2.05, 4.69) is 25.7 Å². The van der Waals surface area contributed by atoms with Crippen molar-refractivity contribution in [2.24, 2.45) is 11.8 Å². The Morgan fingerprint density at radius 3 is 2.39 bits per heavy atom. The maximum absolute atomic E-state index is 11.9. The van der Waals surface area contributed by atoms with Crippen LogP contribution in [0.1, 0.15) is 46.5 Å². The molecule has 0 saturated heterocycles. The molecule has 0 aromatic heterocycles. The van der Waals surface area contributed by atoms with Crippen LogP contribution in [0.4, 0.5) is 0 Å². The van der Waals surface area contributed by atoms with Crippen LogP contribution in [-0.4, -0.2) is 37.1 Å². The standard InChI is InChI=1S/C14H27NO2.ClH/c1-4-15(5-2)10-11-17-14(16)13-9-7-6-8-12(13)3;/h12-13H,4-11H2,1-3H3;1H. The molecule has 18 heavy (non-hydrogen) atoms. The summed E-state index contributed by atoms with van der Waals surface area (Å²) in [5, 5.41) is 0. The Kier molecular flexibility index (Phi) is 9.47. The molecule has 0 radical (unpaired) electrons. The van der Waals surface area contributed by atoms with Crippen molar-refractivity contribution in [3.05, 3.63) is 0 Å². The first-order chi connectivity index (χ1) is 8.19. The smallest absolute Gasteiger partial charge is 0.309 e. The average molecular weight is 278 g/mol. The lowest BCUT2D eigenvalue weighted by Gasteiger charge is -2.27. The number of nitrogens with zero attached hydrogens (tertiary/aromatic N) is 1. The number of carbonyl (C=O) groups is 1. The van der Waals surface area contributed by atoms with E-state index in [-0.39, 0.29) is 24.3 Å². The predicted octanol–water partition coefficient (Wildman–Crippen LogP) is 3.12. The molecule has 4 heteroatoms. The van der Waals surface area contributed by atoms with Crippen molar-refractivity contribution in [1.82, 2.24) is 4.90 Å². The first kappa shape index (κ1) is 17.7. The summed E-state index contributed by atoms with van der Waals surface area (Å²) in [6.07, 6.45) is 4.64. The maximum Gasteiger partial charge on any atom is 0.309 e. The summed E-state index contributed by atoms with van der Waals surface area (Å²) in [5.74, 6) is 0.689. The first-order valence-corrected chi connectivity index (χ1v) is 7.08. The molecule has 0 bridgehead atoms. The second-order valence-corrected chi connectivity index (χ2v) is 5.06. The summed E-state index contributed by atoms with van der Waals surface area (Å²) in [5.41, 5.74) is 0. The van der Waals surface area contributed by atoms with Gasteiger partial charge in [-0.15, -0.1) is 12.4 Å². The van der Waals surface area contributed by atoms with Gasteiger partial charge in [0, 0.05) is 6.54 Å². The minimum Gasteiger partial charge on any atom is -0.464 e. The summed E-state index contributed by atoms with van der Waals surface area (Å²) >= 11 is 0. The van der Waals surface area contributed by atoms with Crippen molar-refractivity contribution in [3.8, 4) is 0 Å². The SMILES string of the molecule is CCN(CC)CCOC(=O)C1CCCCC1C.Cl. The number of carbonyl (C=O) groups excluding carboxylic acids is 1. The summed E-state index contributed by atoms with van der Waals surface area (Å²) in [6, 6.07) is 0. The molecule has 0 N–H and O–H groups in total. The molecule has 2 atom stereocenters. The van der Waals surface area contributed by atoms with Crippen molar-refractivity contribution in [3.63, 3.8) is 0 Å². The van der Waals surface area contributed by atoms with Crippen LogP contribution < -0.4 is 0 Å². The van der Waals surface area contributed by atoms with Gasteiger partial charge in [0.25, 0.3) is 0 Å². The van der Waals surface area contributed by atoms with Gasteiger partial charge >= 0.3 is 5.97 Å². The molecule has 2 unspecified atom stereocenters. The number of likely N-dealkylation sites (N-methyl/N-ethyl adjacent to an activating group) is 1. The third-order valence-corrected chi connectivity index (χ3v) is 3.96. The second-order valence-electron chi connectivity index (χ2n) is 5.06. The molecule has 1 aliphatic rings. The Bertz CT molecular complexity index is 232. The topological polar surface area (TPSA) is 29.5 Å². The number of hydrogen-bond donors (Lipinski definition) is 0. The van der Waals surface area contributed by atoms with Crippen molar-refractivity contribution in [1.29, 1.82) is 0 Å². The zero-order valence-corrected chi connectivity index (χ0v) is 12.8. The van der Waals surface area contributed by atoms with Crippen LogP contribution in [0.15, 0.2) is 0 Å². The minimum atomic E-state index is 0. The molecule has 1 aliphatic carbocycles. The van der Waals surface area contributed by atoms with E-state index in [9.17, 15) is 4.79 Å². The highest BCUT2D eigenvalue weighted by Gasteiger charge is 2.28. The third kappa shape index (κ3) is 5.57. The molecule has 0 amide bonds. The molecular weight excluding hydrogens is 250 g/mol. The number of ether oxygens (including phenoxy) is 1. The van der Waals surface area contributed by atoms with E-state index < -0.39 is 0 Å². The fourth-order valence-corrected chi connectivity index (χ4v) is 2.59. The number of halogens is 1. The molecule has 1 saturated carbocycles. The zero-order valence-electron chi connectivity index (χ0n) is 12.0. The van der Waals surface area contributed by atoms with Gasteiger partial charge in [0.2, 0.25) is 0 Å². The number of rotatable bonds is 6. The monoisotopic (exact) mass is 277 g/mol. The lowest BCUT2D eigenvalue weighted by Crippen LogP contribution is -2.31. The van der Waals surface area contributed by atoms with Crippen molar-refractivity contribution in [2.75, 3.05) is 26.2 Å². The van der Waals surface area contributed by atoms with Crippen LogP contribution in [0.25, 0.3) is 0 Å². The highest BCUT2D eigenvalue weighted by Crippen LogP contribution is 2.30. The van der Waals surface area contributed by atoms with Gasteiger partial charge in [0.15, 0.2) is 0 Å². The highest BCUT2D eigenvalue weighted by atomic mass is 35.5. The van der Waals surface area contributed by atoms with Gasteiger partial charge in [0.05, 0.1) is 5.92 Å². The Morgan fingerprint density at radius 1 is 1.22 bits per heavy atom. The Labute approximate surface area is 118 Å². The minimum absolute atomic E-state index is 0. The van der Waals surface area contributed by atoms with Gasteiger partial charge in [-0.25, -0.2) is 0 Å². The Morgan fingerprint density at radius 2 is 1.83 bits per heavy atom. The van der Waals surface area contributed by atoms with Gasteiger partial charge in [0.1, 0.15) is 6.61 Å². The maximum atomic E-state index is 11.9. The summed E-state index contributed by atoms with van der Waals surface area (Å²) in [7, 11) is 0. The van der Waals surface area contributed by atoms with Crippen molar-refractivity contribution in [2.45, 2.75) is 46.5 Å². The van der Waals surface area contributed by atoms with Crippen LogP contribution in [0.3, 0.4) is 0 Å². The average Bonchev–Trinajstić information content (AvgIpc) is 2.35. The Hall–Kier alpha value is -0.280. The van der Waals surface area contributed by atoms with Gasteiger partial charge in [-0.1, -0.05) is 33.6 Å². The van der Waals surface area contributed by atoms with E-state index in [1.165, 1.54) is 19.3 Å². The molecule has 0 spiro atoms. The fourth-order valence-electron chi connectivity index (χ4n) is 2.59. The van der Waals surface area contributed by atoms with Gasteiger partial charge < -0.3 is 9.64 Å². The van der Waals surface area contributed by atoms with Gasteiger partial charge in [-0.2, -0.15) is 0 Å². The van der Waals surface area contributed by atoms with Crippen LogP contribution in [0.5, 0.6) is 0 Å². The highest BCUT2D eigenvalue weighted by molar-refractivity contribution is 5.85. The molecule has 0 aromatic rings. The molecule has 1 fully saturated rings. The Balaban J connectivity index is 0.00000289. The lowest BCUT2D eigenvalue weighted by atomic mass is 9.80. The van der Waals surface area contributed by atoms with Crippen LogP contribution in [0, 0.1) is 11.8 Å². The number of esters is 1. The fraction of sp³-hybridized carbons (Fsp3) is 0.929. The molecule has 0 heterocycles. The van der Waals surface area contributed by atoms with Crippen LogP contribution in [0.2, 0.25) is 0 Å². The van der Waals surface area contributed by atoms with Gasteiger partial charge in [-0.05, 0) is 31.8 Å². The predicted molar refractivity (Wildman–Crippen MR) is 77.1 cm³/mol. The quantitative estimate of drug-likeness (QED) is 0.699. The van der Waals surface area contributed by atoms with E-state index in [0.717, 1.165) is 26.1 Å². The molecular formula is C14H28ClNO2. The normalized spacial score (nSPS) is 23.6. The summed E-state index contributed by atoms with van der Waals surface area (Å²) in [4.78, 5) is 14.2. The lowest BCUT2D eigenvalue weighted by molar-refractivity contribution is -0.151. The molecule has 0 aliphatic heterocycles. The molecule has 3 nitrogen and oxygen atoms in total. The van der Waals surface area contributed by atoms with E-state index in [0.29, 0.717) is 12.5 Å². The van der Waals surface area contributed by atoms with Crippen LogP contribution in [-0.2, 0) is 9.53 Å². The molecule has 108 valence electrons. The second kappa shape index (κ2) is 9.62. The van der Waals surface area contributed by atoms with E-state index in [1.54, 1.807) is 0 Å². The molecule has 1 rings (SSSR count). The number of hydrogen-bond acceptors (Lipinski definition) is 3. The van der Waals surface area contributed by atoms with Crippen molar-refractivity contribution < 1.29 is 9.53 Å². The molecule has 0 aromatic carbocycles. The van der Waals surface area contributed by atoms with Crippen LogP contribution >= 0.6 is 12.4 Å². The van der Waals surface area contributed by atoms with E-state index >= 15 is 0 Å². The summed E-state index contributed by atoms with van der Waals surface area (Å²) in [6.45, 7) is 9.89. The largest absolute Gasteiger partial charge is 0.464 e. The first-order valence-electron chi connectivity index (χ1n) is 7.08. The summed E-state index contributed by atoms with van der Waals surface area (Å²) < 4.78 is 5.41. The zero-order chi connectivity index (χ0) is 12.7.